The molecule has 1 unspecified atom stereocenters. The summed E-state index contributed by atoms with van der Waals surface area (Å²) in [6, 6.07) is 4.77. The van der Waals surface area contributed by atoms with Gasteiger partial charge in [0.15, 0.2) is 0 Å². The van der Waals surface area contributed by atoms with Gasteiger partial charge in [0.2, 0.25) is 0 Å². The molecule has 0 saturated heterocycles. The first-order valence-corrected chi connectivity index (χ1v) is 10.8. The fourth-order valence-electron chi connectivity index (χ4n) is 3.85. The maximum atomic E-state index is 14.0. The highest BCUT2D eigenvalue weighted by molar-refractivity contribution is 7.19. The lowest BCUT2D eigenvalue weighted by molar-refractivity contribution is 0.323. The van der Waals surface area contributed by atoms with E-state index in [1.165, 1.54) is 22.9 Å². The van der Waals surface area contributed by atoms with Gasteiger partial charge in [0, 0.05) is 35.0 Å². The topological polar surface area (TPSA) is 55.0 Å². The Labute approximate surface area is 173 Å². The molecule has 1 aliphatic rings. The van der Waals surface area contributed by atoms with Crippen LogP contribution in [0.15, 0.2) is 18.2 Å². The van der Waals surface area contributed by atoms with Crippen molar-refractivity contribution in [2.45, 2.75) is 39.2 Å². The molecular weight excluding hydrogens is 395 g/mol. The van der Waals surface area contributed by atoms with Crippen LogP contribution in [-0.4, -0.2) is 28.5 Å². The van der Waals surface area contributed by atoms with Gasteiger partial charge < -0.3 is 10.6 Å². The van der Waals surface area contributed by atoms with Gasteiger partial charge in [0.25, 0.3) is 0 Å². The van der Waals surface area contributed by atoms with Crippen molar-refractivity contribution in [3.63, 3.8) is 0 Å². The number of likely N-dealkylation sites (N-methyl/N-ethyl adjacent to an activating group) is 1. The largest absolute Gasteiger partial charge is 0.383 e. The van der Waals surface area contributed by atoms with E-state index in [1.54, 1.807) is 23.5 Å². The number of hydrogen-bond acceptors (Lipinski definition) is 5. The average molecular weight is 419 g/mol. The fraction of sp³-hybridized carbons (Fsp3) is 0.429. The highest BCUT2D eigenvalue weighted by Gasteiger charge is 2.23. The van der Waals surface area contributed by atoms with Crippen LogP contribution >= 0.6 is 22.9 Å². The summed E-state index contributed by atoms with van der Waals surface area (Å²) in [6.45, 7) is 3.43. The molecule has 28 heavy (non-hydrogen) atoms. The Hall–Kier alpha value is -1.76. The Morgan fingerprint density at radius 1 is 1.36 bits per heavy atom. The molecule has 0 spiro atoms. The number of rotatable bonds is 5. The third kappa shape index (κ3) is 3.86. The minimum Gasteiger partial charge on any atom is -0.383 e. The average Bonchev–Trinajstić information content (AvgIpc) is 3.01. The molecule has 148 valence electrons. The number of aryl methyl sites for hydroxylation is 1. The minimum absolute atomic E-state index is 0.278. The van der Waals surface area contributed by atoms with E-state index < -0.39 is 0 Å². The van der Waals surface area contributed by atoms with E-state index in [1.807, 2.05) is 11.9 Å². The fourth-order valence-corrected chi connectivity index (χ4v) is 5.48. The smallest absolute Gasteiger partial charge is 0.136 e. The molecule has 7 heteroatoms. The molecule has 1 aromatic carbocycles. The van der Waals surface area contributed by atoms with E-state index in [-0.39, 0.29) is 5.82 Å². The Kier molecular flexibility index (Phi) is 5.54. The summed E-state index contributed by atoms with van der Waals surface area (Å²) in [5.41, 5.74) is 8.18. The first-order chi connectivity index (χ1) is 13.4. The zero-order valence-corrected chi connectivity index (χ0v) is 17.7. The van der Waals surface area contributed by atoms with Gasteiger partial charge in [-0.05, 0) is 49.9 Å². The van der Waals surface area contributed by atoms with Gasteiger partial charge in [-0.3, -0.25) is 0 Å². The van der Waals surface area contributed by atoms with Gasteiger partial charge in [0.05, 0.1) is 5.39 Å². The van der Waals surface area contributed by atoms with Crippen LogP contribution in [0.25, 0.3) is 10.2 Å². The number of thiophene rings is 1. The van der Waals surface area contributed by atoms with Crippen LogP contribution in [0.1, 0.15) is 35.2 Å². The van der Waals surface area contributed by atoms with Crippen molar-refractivity contribution in [1.82, 2.24) is 14.9 Å². The molecule has 0 fully saturated rings. The van der Waals surface area contributed by atoms with E-state index in [0.717, 1.165) is 28.9 Å². The Bertz CT molecular complexity index is 999. The van der Waals surface area contributed by atoms with Crippen molar-refractivity contribution in [3.05, 3.63) is 50.9 Å². The van der Waals surface area contributed by atoms with E-state index in [9.17, 15) is 4.39 Å². The van der Waals surface area contributed by atoms with Crippen LogP contribution in [0.5, 0.6) is 0 Å². The molecule has 2 heterocycles. The van der Waals surface area contributed by atoms with Crippen LogP contribution in [0.2, 0.25) is 5.02 Å². The van der Waals surface area contributed by atoms with Crippen LogP contribution in [-0.2, 0) is 25.8 Å². The third-order valence-electron chi connectivity index (χ3n) is 5.44. The van der Waals surface area contributed by atoms with Crippen molar-refractivity contribution < 1.29 is 4.39 Å². The number of nitrogens with two attached hydrogens (primary N) is 1. The molecule has 1 atom stereocenters. The van der Waals surface area contributed by atoms with Crippen molar-refractivity contribution in [1.29, 1.82) is 0 Å². The summed E-state index contributed by atoms with van der Waals surface area (Å²) in [5.74, 6) is 1.77. The van der Waals surface area contributed by atoms with E-state index in [2.05, 4.69) is 11.9 Å². The SMILES string of the molecule is CC1CCc2c(sc3nc(CCN(C)Cc4c(F)cccc4Cl)nc(N)c23)C1. The number of nitrogens with zero attached hydrogens (tertiary/aromatic N) is 3. The molecule has 0 bridgehead atoms. The zero-order chi connectivity index (χ0) is 19.8. The van der Waals surface area contributed by atoms with Gasteiger partial charge in [-0.2, -0.15) is 0 Å². The molecule has 2 N–H and O–H groups in total. The van der Waals surface area contributed by atoms with Gasteiger partial charge in [0.1, 0.15) is 22.3 Å². The molecule has 1 aliphatic carbocycles. The summed E-state index contributed by atoms with van der Waals surface area (Å²) in [5, 5.41) is 1.51. The highest BCUT2D eigenvalue weighted by Crippen LogP contribution is 2.39. The standard InChI is InChI=1S/C21H24ClFN4S/c1-12-6-7-13-17(10-12)28-21-19(13)20(24)25-18(26-21)8-9-27(2)11-14-15(22)4-3-5-16(14)23/h3-5,12H,6-11H2,1-2H3,(H2,24,25,26). The maximum absolute atomic E-state index is 14.0. The second-order valence-corrected chi connectivity index (χ2v) is 9.24. The number of hydrogen-bond donors (Lipinski definition) is 1. The normalized spacial score (nSPS) is 16.7. The Morgan fingerprint density at radius 2 is 2.18 bits per heavy atom. The summed E-state index contributed by atoms with van der Waals surface area (Å²) in [4.78, 5) is 13.8. The second-order valence-electron chi connectivity index (χ2n) is 7.74. The van der Waals surface area contributed by atoms with Crippen molar-refractivity contribution in [2.75, 3.05) is 19.3 Å². The van der Waals surface area contributed by atoms with Gasteiger partial charge in [-0.15, -0.1) is 11.3 Å². The summed E-state index contributed by atoms with van der Waals surface area (Å²) in [7, 11) is 1.94. The predicted octanol–water partition coefficient (Wildman–Crippen LogP) is 4.87. The summed E-state index contributed by atoms with van der Waals surface area (Å²) in [6.07, 6.45) is 4.03. The van der Waals surface area contributed by atoms with Crippen LogP contribution < -0.4 is 5.73 Å². The number of aromatic nitrogens is 2. The summed E-state index contributed by atoms with van der Waals surface area (Å²) < 4.78 is 14.0. The Balaban J connectivity index is 1.49. The lowest BCUT2D eigenvalue weighted by Crippen LogP contribution is -2.22. The first kappa shape index (κ1) is 19.6. The Morgan fingerprint density at radius 3 is 2.96 bits per heavy atom. The molecular formula is C21H24ClFN4S. The number of halogens is 2. The van der Waals surface area contributed by atoms with Crippen molar-refractivity contribution in [2.24, 2.45) is 5.92 Å². The van der Waals surface area contributed by atoms with Crippen LogP contribution in [0.3, 0.4) is 0 Å². The molecule has 4 rings (SSSR count). The molecule has 4 nitrogen and oxygen atoms in total. The third-order valence-corrected chi connectivity index (χ3v) is 6.94. The van der Waals surface area contributed by atoms with Crippen molar-refractivity contribution >= 4 is 39.0 Å². The first-order valence-electron chi connectivity index (χ1n) is 9.60. The highest BCUT2D eigenvalue weighted by atomic mass is 35.5. The lowest BCUT2D eigenvalue weighted by atomic mass is 9.89. The van der Waals surface area contributed by atoms with Gasteiger partial charge >= 0.3 is 0 Å². The molecule has 2 aromatic heterocycles. The predicted molar refractivity (Wildman–Crippen MR) is 114 cm³/mol. The number of anilines is 1. The van der Waals surface area contributed by atoms with E-state index in [0.29, 0.717) is 41.8 Å². The maximum Gasteiger partial charge on any atom is 0.136 e. The molecule has 0 radical (unpaired) electrons. The quantitative estimate of drug-likeness (QED) is 0.642. The van der Waals surface area contributed by atoms with Gasteiger partial charge in [-0.25, -0.2) is 14.4 Å². The number of benzene rings is 1. The van der Waals surface area contributed by atoms with Crippen molar-refractivity contribution in [3.8, 4) is 0 Å². The van der Waals surface area contributed by atoms with Crippen LogP contribution in [0.4, 0.5) is 10.2 Å². The van der Waals surface area contributed by atoms with E-state index >= 15 is 0 Å². The molecule has 3 aromatic rings. The summed E-state index contributed by atoms with van der Waals surface area (Å²) >= 11 is 7.89. The molecule has 0 amide bonds. The van der Waals surface area contributed by atoms with E-state index in [4.69, 9.17) is 22.3 Å². The molecule has 0 aliphatic heterocycles. The number of fused-ring (bicyclic) bond motifs is 3. The van der Waals surface area contributed by atoms with Crippen LogP contribution in [0, 0.1) is 11.7 Å². The van der Waals surface area contributed by atoms with Gasteiger partial charge in [-0.1, -0.05) is 24.6 Å². The monoisotopic (exact) mass is 418 g/mol. The minimum atomic E-state index is -0.278. The second kappa shape index (κ2) is 7.93. The number of nitrogen functional groups attached to an aromatic ring is 1. The zero-order valence-electron chi connectivity index (χ0n) is 16.1. The molecule has 0 saturated carbocycles. The lowest BCUT2D eigenvalue weighted by Gasteiger charge is -2.18.